The van der Waals surface area contributed by atoms with Crippen molar-refractivity contribution < 1.29 is 26.0 Å². The highest BCUT2D eigenvalue weighted by Gasteiger charge is 2.42. The molecule has 1 saturated heterocycles. The minimum absolute atomic E-state index is 0.0167. The Bertz CT molecular complexity index is 1370. The van der Waals surface area contributed by atoms with Crippen molar-refractivity contribution in [1.29, 1.82) is 0 Å². The number of hydrogen-bond acceptors (Lipinski definition) is 4. The Morgan fingerprint density at radius 3 is 2.21 bits per heavy atom. The maximum atomic E-state index is 14.4. The maximum Gasteiger partial charge on any atom is 0.412 e. The lowest BCUT2D eigenvalue weighted by Gasteiger charge is -2.36. The molecule has 0 aliphatic carbocycles. The highest BCUT2D eigenvalue weighted by atomic mass is 35.5. The zero-order valence-corrected chi connectivity index (χ0v) is 22.4. The number of rotatable bonds is 7. The topological polar surface area (TPSA) is 52.7 Å². The molecule has 1 N–H and O–H groups in total. The summed E-state index contributed by atoms with van der Waals surface area (Å²) in [6.07, 6.45) is -3.47. The summed E-state index contributed by atoms with van der Waals surface area (Å²) in [5.41, 5.74) is 1.21. The molecule has 0 spiro atoms. The van der Waals surface area contributed by atoms with Crippen LogP contribution in [0.15, 0.2) is 71.6 Å². The first-order chi connectivity index (χ1) is 17.9. The molecule has 5 nitrogen and oxygen atoms in total. The molecular formula is C27H28ClF4N3O2S. The highest BCUT2D eigenvalue weighted by molar-refractivity contribution is 7.89. The third-order valence-electron chi connectivity index (χ3n) is 6.76. The van der Waals surface area contributed by atoms with Crippen LogP contribution in [0, 0.1) is 5.82 Å². The van der Waals surface area contributed by atoms with Crippen molar-refractivity contribution in [3.63, 3.8) is 0 Å². The molecule has 0 radical (unpaired) electrons. The molecule has 1 unspecified atom stereocenters. The molecule has 1 heterocycles. The van der Waals surface area contributed by atoms with Crippen molar-refractivity contribution >= 4 is 33.0 Å². The predicted octanol–water partition coefficient (Wildman–Crippen LogP) is 6.83. The molecule has 11 heteroatoms. The van der Waals surface area contributed by atoms with E-state index in [1.165, 1.54) is 50.5 Å². The van der Waals surface area contributed by atoms with E-state index in [9.17, 15) is 26.0 Å². The SMILES string of the molecule is CN(C)S(=O)(=O)c1ccc(NC(c2ccccc2N2CCC(c3ccc(Cl)cc3F)CC2)C(F)(F)F)cc1. The van der Waals surface area contributed by atoms with Gasteiger partial charge in [-0.15, -0.1) is 0 Å². The minimum Gasteiger partial charge on any atom is -0.371 e. The fraction of sp³-hybridized carbons (Fsp3) is 0.333. The lowest BCUT2D eigenvalue weighted by Crippen LogP contribution is -2.36. The Labute approximate surface area is 225 Å². The second kappa shape index (κ2) is 11.1. The van der Waals surface area contributed by atoms with E-state index in [-0.39, 0.29) is 27.9 Å². The van der Waals surface area contributed by atoms with E-state index in [4.69, 9.17) is 11.6 Å². The van der Waals surface area contributed by atoms with Crippen LogP contribution >= 0.6 is 11.6 Å². The Kier molecular flexibility index (Phi) is 8.25. The summed E-state index contributed by atoms with van der Waals surface area (Å²) in [7, 11) is -0.943. The molecule has 1 aliphatic rings. The lowest BCUT2D eigenvalue weighted by atomic mass is 9.88. The Morgan fingerprint density at radius 2 is 1.63 bits per heavy atom. The number of piperidine rings is 1. The molecule has 4 rings (SSSR count). The number of para-hydroxylation sites is 1. The predicted molar refractivity (Wildman–Crippen MR) is 142 cm³/mol. The molecule has 0 amide bonds. The van der Waals surface area contributed by atoms with Crippen LogP contribution in [0.2, 0.25) is 5.02 Å². The monoisotopic (exact) mass is 569 g/mol. The number of anilines is 2. The van der Waals surface area contributed by atoms with Gasteiger partial charge in [-0.2, -0.15) is 13.2 Å². The van der Waals surface area contributed by atoms with E-state index in [2.05, 4.69) is 5.32 Å². The summed E-state index contributed by atoms with van der Waals surface area (Å²) in [6, 6.07) is 14.1. The van der Waals surface area contributed by atoms with Crippen LogP contribution in [-0.2, 0) is 10.0 Å². The molecule has 0 bridgehead atoms. The summed E-state index contributed by atoms with van der Waals surface area (Å²) >= 11 is 5.87. The molecule has 1 fully saturated rings. The summed E-state index contributed by atoms with van der Waals surface area (Å²) < 4.78 is 83.1. The van der Waals surface area contributed by atoms with Crippen molar-refractivity contribution in [3.8, 4) is 0 Å². The Balaban J connectivity index is 1.56. The summed E-state index contributed by atoms with van der Waals surface area (Å²) in [5.74, 6) is -0.425. The van der Waals surface area contributed by atoms with Gasteiger partial charge in [0, 0.05) is 49.1 Å². The lowest BCUT2D eigenvalue weighted by molar-refractivity contribution is -0.143. The molecular weight excluding hydrogens is 542 g/mol. The first-order valence-corrected chi connectivity index (χ1v) is 13.8. The third-order valence-corrected chi connectivity index (χ3v) is 8.82. The number of hydrogen-bond donors (Lipinski definition) is 1. The summed E-state index contributed by atoms with van der Waals surface area (Å²) in [5, 5.41) is 2.86. The first kappa shape index (κ1) is 28.2. The molecule has 3 aromatic carbocycles. The second-order valence-corrected chi connectivity index (χ2v) is 12.0. The third kappa shape index (κ3) is 6.08. The summed E-state index contributed by atoms with van der Waals surface area (Å²) in [4.78, 5) is 1.88. The fourth-order valence-corrected chi connectivity index (χ4v) is 5.78. The number of benzene rings is 3. The first-order valence-electron chi connectivity index (χ1n) is 12.0. The van der Waals surface area contributed by atoms with Crippen molar-refractivity contribution in [2.45, 2.75) is 35.9 Å². The normalized spacial score (nSPS) is 16.1. The van der Waals surface area contributed by atoms with Crippen LogP contribution in [0.4, 0.5) is 28.9 Å². The Hall–Kier alpha value is -2.82. The largest absolute Gasteiger partial charge is 0.412 e. The van der Waals surface area contributed by atoms with Crippen molar-refractivity contribution in [3.05, 3.63) is 88.7 Å². The van der Waals surface area contributed by atoms with Gasteiger partial charge in [0.05, 0.1) is 4.90 Å². The van der Waals surface area contributed by atoms with Crippen molar-refractivity contribution in [2.75, 3.05) is 37.4 Å². The minimum atomic E-state index is -4.63. The van der Waals surface area contributed by atoms with Crippen LogP contribution in [0.3, 0.4) is 0 Å². The molecule has 204 valence electrons. The number of nitrogens with one attached hydrogen (secondary N) is 1. The van der Waals surface area contributed by atoms with E-state index in [0.717, 1.165) is 4.31 Å². The van der Waals surface area contributed by atoms with Gasteiger partial charge in [0.25, 0.3) is 0 Å². The van der Waals surface area contributed by atoms with Gasteiger partial charge in [-0.25, -0.2) is 17.1 Å². The summed E-state index contributed by atoms with van der Waals surface area (Å²) in [6.45, 7) is 0.927. The number of sulfonamides is 1. The average molecular weight is 570 g/mol. The molecule has 0 aromatic heterocycles. The van der Waals surface area contributed by atoms with Crippen molar-refractivity contribution in [2.24, 2.45) is 0 Å². The van der Waals surface area contributed by atoms with Crippen LogP contribution < -0.4 is 10.2 Å². The zero-order valence-electron chi connectivity index (χ0n) is 20.8. The molecule has 3 aromatic rings. The molecule has 38 heavy (non-hydrogen) atoms. The number of halogens is 5. The van der Waals surface area contributed by atoms with Crippen molar-refractivity contribution in [1.82, 2.24) is 4.31 Å². The van der Waals surface area contributed by atoms with Gasteiger partial charge in [0.15, 0.2) is 6.04 Å². The van der Waals surface area contributed by atoms with E-state index >= 15 is 0 Å². The van der Waals surface area contributed by atoms with Crippen LogP contribution in [-0.4, -0.2) is 46.1 Å². The average Bonchev–Trinajstić information content (AvgIpc) is 2.87. The van der Waals surface area contributed by atoms with Gasteiger partial charge in [0.1, 0.15) is 5.82 Å². The van der Waals surface area contributed by atoms with Gasteiger partial charge >= 0.3 is 6.18 Å². The van der Waals surface area contributed by atoms with E-state index < -0.39 is 22.2 Å². The maximum absolute atomic E-state index is 14.4. The highest BCUT2D eigenvalue weighted by Crippen LogP contribution is 2.41. The van der Waals surface area contributed by atoms with E-state index in [0.29, 0.717) is 42.2 Å². The molecule has 1 aliphatic heterocycles. The van der Waals surface area contributed by atoms with Crippen LogP contribution in [0.25, 0.3) is 0 Å². The number of nitrogens with zero attached hydrogens (tertiary/aromatic N) is 2. The molecule has 1 atom stereocenters. The van der Waals surface area contributed by atoms with Gasteiger partial charge in [0.2, 0.25) is 10.0 Å². The van der Waals surface area contributed by atoms with Gasteiger partial charge in [-0.05, 0) is 66.8 Å². The Morgan fingerprint density at radius 1 is 1.00 bits per heavy atom. The van der Waals surface area contributed by atoms with Crippen LogP contribution in [0.1, 0.15) is 35.9 Å². The van der Waals surface area contributed by atoms with Gasteiger partial charge in [-0.1, -0.05) is 35.9 Å². The quantitative estimate of drug-likeness (QED) is 0.317. The number of alkyl halides is 3. The fourth-order valence-electron chi connectivity index (χ4n) is 4.72. The standard InChI is InChI=1S/C27H28ClF4N3O2S/c1-34(2)38(36,37)21-10-8-20(9-11-21)33-26(27(30,31)32)23-5-3-4-6-25(23)35-15-13-18(14-16-35)22-12-7-19(28)17-24(22)29/h3-12,17-18,26,33H,13-16H2,1-2H3. The van der Waals surface area contributed by atoms with E-state index in [1.54, 1.807) is 30.3 Å². The zero-order chi connectivity index (χ0) is 27.7. The smallest absolute Gasteiger partial charge is 0.371 e. The van der Waals surface area contributed by atoms with Crippen LogP contribution in [0.5, 0.6) is 0 Å². The van der Waals surface area contributed by atoms with Gasteiger partial charge < -0.3 is 10.2 Å². The van der Waals surface area contributed by atoms with Gasteiger partial charge in [-0.3, -0.25) is 0 Å². The van der Waals surface area contributed by atoms with E-state index in [1.807, 2.05) is 4.90 Å². The second-order valence-electron chi connectivity index (χ2n) is 9.42. The molecule has 0 saturated carbocycles.